The maximum atomic E-state index is 13.6. The minimum atomic E-state index is -1.47. The average molecular weight is 727 g/mol. The number of hydrogen-bond acceptors (Lipinski definition) is 8. The second kappa shape index (κ2) is 17.1. The number of primary amides is 1. The zero-order valence-electron chi connectivity index (χ0n) is 27.1. The Morgan fingerprint density at radius 2 is 1.80 bits per heavy atom. The van der Waals surface area contributed by atoms with Gasteiger partial charge in [-0.15, -0.1) is 0 Å². The van der Waals surface area contributed by atoms with Gasteiger partial charge in [0, 0.05) is 0 Å². The van der Waals surface area contributed by atoms with Crippen LogP contribution in [0.25, 0.3) is 0 Å². The topological polar surface area (TPSA) is 156 Å². The van der Waals surface area contributed by atoms with Crippen molar-refractivity contribution in [2.45, 2.75) is 91.1 Å². The van der Waals surface area contributed by atoms with Gasteiger partial charge >= 0.3 is 193 Å². The molecule has 1 saturated carbocycles. The van der Waals surface area contributed by atoms with E-state index in [0.29, 0.717) is 19.3 Å². The molecule has 0 aromatic carbocycles. The van der Waals surface area contributed by atoms with Crippen LogP contribution in [0, 0.1) is 23.7 Å². The van der Waals surface area contributed by atoms with E-state index in [1.54, 1.807) is 0 Å². The van der Waals surface area contributed by atoms with Crippen molar-refractivity contribution in [1.82, 2.24) is 15.5 Å². The van der Waals surface area contributed by atoms with Gasteiger partial charge in [-0.2, -0.15) is 0 Å². The quantitative estimate of drug-likeness (QED) is 0.128. The number of ketones is 1. The first kappa shape index (κ1) is 35.7. The van der Waals surface area contributed by atoms with Crippen molar-refractivity contribution in [3.8, 4) is 0 Å². The smallest absolute Gasteiger partial charge is 0.240 e. The van der Waals surface area contributed by atoms with Crippen molar-refractivity contribution < 1.29 is 23.9 Å². The third-order valence-corrected chi connectivity index (χ3v) is 13.6. The van der Waals surface area contributed by atoms with Crippen molar-refractivity contribution in [1.29, 1.82) is 0 Å². The van der Waals surface area contributed by atoms with E-state index >= 15 is 0 Å². The molecule has 0 radical (unpaired) electrons. The summed E-state index contributed by atoms with van der Waals surface area (Å²) in [6.45, 7) is 7.92. The fourth-order valence-electron chi connectivity index (χ4n) is 5.82. The van der Waals surface area contributed by atoms with Gasteiger partial charge in [0.2, 0.25) is 11.8 Å². The molecule has 2 aliphatic heterocycles. The molecule has 246 valence electrons. The van der Waals surface area contributed by atoms with Crippen LogP contribution in [0.1, 0.15) is 79.1 Å². The number of unbranched alkanes of at least 4 members (excludes halogenated alkanes) is 2. The Labute approximate surface area is 269 Å². The van der Waals surface area contributed by atoms with Gasteiger partial charge < -0.3 is 11.1 Å². The number of nitrogens with zero attached hydrogens (tertiary/aromatic N) is 3. The van der Waals surface area contributed by atoms with Crippen LogP contribution in [-0.2, 0) is 19.1 Å². The zero-order valence-corrected chi connectivity index (χ0v) is 29.3. The standard InChI is InChI=1S/C32H51IN6O5/c1-20(2)18-25(29(34)41)37-31(42)23-13-10-12-22(23)28(40)26(21(3)4)38-32(43)44-17-9-7-8-15-33-19-36-27-24(33)14-11-16-35-30(27)39(5)6/h11,16,19-23,25-26H,7-10,12-15,17-18H2,1-6H3,(H2,34,41)(H,37,42)(H,38,43). The number of carbonyl (C=O) groups is 4. The number of ether oxygens (including phenoxy) is 1. The van der Waals surface area contributed by atoms with Crippen molar-refractivity contribution in [3.05, 3.63) is 21.6 Å². The van der Waals surface area contributed by atoms with Crippen LogP contribution in [0.4, 0.5) is 4.79 Å². The number of alkyl halides is 1. The van der Waals surface area contributed by atoms with Crippen LogP contribution in [0.3, 0.4) is 0 Å². The molecule has 1 fully saturated rings. The molecule has 2 heterocycles. The summed E-state index contributed by atoms with van der Waals surface area (Å²) in [5, 5.41) is 5.54. The molecule has 12 heteroatoms. The molecular formula is C32H51IN6O5. The maximum absolute atomic E-state index is 13.6. The van der Waals surface area contributed by atoms with Crippen LogP contribution in [0.15, 0.2) is 31.5 Å². The van der Waals surface area contributed by atoms with Crippen LogP contribution in [-0.4, -0.2) is 75.9 Å². The Balaban J connectivity index is 1.44. The Bertz CT molecular complexity index is 1180. The summed E-state index contributed by atoms with van der Waals surface area (Å²) in [6.07, 6.45) is 9.30. The molecule has 0 bridgehead atoms. The Hall–Kier alpha value is -2.77. The summed E-state index contributed by atoms with van der Waals surface area (Å²) >= 11 is -1.47. The Morgan fingerprint density at radius 1 is 1.07 bits per heavy atom. The van der Waals surface area contributed by atoms with Crippen molar-refractivity contribution in [2.24, 2.45) is 39.4 Å². The third-order valence-electron chi connectivity index (χ3n) is 8.13. The maximum Gasteiger partial charge on any atom is 0.240 e. The number of aliphatic imine (C=N–C) groups is 2. The van der Waals surface area contributed by atoms with E-state index in [9.17, 15) is 19.2 Å². The summed E-state index contributed by atoms with van der Waals surface area (Å²) in [6, 6.07) is -1.53. The van der Waals surface area contributed by atoms with Gasteiger partial charge in [0.1, 0.15) is 6.04 Å². The number of halogens is 1. The fraction of sp³-hybridized carbons (Fsp3) is 0.688. The minimum Gasteiger partial charge on any atom is -0.368 e. The Kier molecular flexibility index (Phi) is 13.9. The molecule has 0 saturated heterocycles. The average Bonchev–Trinajstić information content (AvgIpc) is 3.54. The number of likely N-dealkylation sites (N-methyl/N-ethyl adjacent to an activating group) is 1. The van der Waals surface area contributed by atoms with E-state index in [-0.39, 0.29) is 30.1 Å². The van der Waals surface area contributed by atoms with Crippen molar-refractivity contribution in [2.75, 3.05) is 25.1 Å². The predicted molar refractivity (Wildman–Crippen MR) is 183 cm³/mol. The van der Waals surface area contributed by atoms with Gasteiger partial charge in [-0.05, 0) is 18.8 Å². The number of amides is 3. The molecule has 3 amide bonds. The summed E-state index contributed by atoms with van der Waals surface area (Å²) in [5.41, 5.74) is 6.56. The summed E-state index contributed by atoms with van der Waals surface area (Å²) in [4.78, 5) is 62.6. The first-order valence-corrected chi connectivity index (χ1v) is 19.6. The number of amidine groups is 1. The van der Waals surface area contributed by atoms with E-state index < -0.39 is 55.7 Å². The van der Waals surface area contributed by atoms with Crippen molar-refractivity contribution in [3.63, 3.8) is 0 Å². The van der Waals surface area contributed by atoms with E-state index in [0.717, 1.165) is 48.1 Å². The number of nitrogens with one attached hydrogen (secondary N) is 2. The molecule has 44 heavy (non-hydrogen) atoms. The molecular weight excluding hydrogens is 675 g/mol. The number of rotatable bonds is 15. The molecule has 0 spiro atoms. The van der Waals surface area contributed by atoms with E-state index in [4.69, 9.17) is 15.5 Å². The number of alkyl carbamates (subject to hydrolysis) is 1. The molecule has 3 rings (SSSR count). The normalized spacial score (nSPS) is 21.5. The van der Waals surface area contributed by atoms with Crippen LogP contribution >= 0.6 is 19.8 Å². The van der Waals surface area contributed by atoms with Crippen LogP contribution < -0.4 is 16.4 Å². The second-order valence-corrected chi connectivity index (χ2v) is 17.9. The first-order chi connectivity index (χ1) is 20.9. The van der Waals surface area contributed by atoms with E-state index in [1.165, 1.54) is 3.58 Å². The number of allylic oxidation sites excluding steroid dienone is 2. The van der Waals surface area contributed by atoms with E-state index in [2.05, 4.69) is 25.9 Å². The summed E-state index contributed by atoms with van der Waals surface area (Å²) in [5.74, 6) is -1.22. The zero-order chi connectivity index (χ0) is 32.4. The minimum absolute atomic E-state index is 0.164. The van der Waals surface area contributed by atoms with Gasteiger partial charge in [0.25, 0.3) is 0 Å². The number of Topliss-reactive ketones (excluding diaryl/α,β-unsaturated/α-hetero) is 1. The van der Waals surface area contributed by atoms with Gasteiger partial charge in [-0.1, -0.05) is 20.3 Å². The molecule has 0 aromatic rings. The third kappa shape index (κ3) is 9.87. The second-order valence-electron chi connectivity index (χ2n) is 12.7. The van der Waals surface area contributed by atoms with Gasteiger partial charge in [0.15, 0.2) is 0 Å². The largest absolute Gasteiger partial charge is 0.368 e. The molecule has 0 aromatic heterocycles. The molecule has 4 unspecified atom stereocenters. The molecule has 1 aliphatic carbocycles. The van der Waals surface area contributed by atoms with E-state index in [1.807, 2.05) is 52.9 Å². The summed E-state index contributed by atoms with van der Waals surface area (Å²) in [7, 11) is 3.98. The van der Waals surface area contributed by atoms with Gasteiger partial charge in [0.05, 0.1) is 0 Å². The summed E-state index contributed by atoms with van der Waals surface area (Å²) < 4.78 is 10.2. The fourth-order valence-corrected chi connectivity index (χ4v) is 10.9. The molecule has 4 atom stereocenters. The number of carbonyl (C=O) groups excluding carboxylic acids is 4. The molecule has 11 nitrogen and oxygen atoms in total. The SMILES string of the molecule is CC(C)CC(NC(=O)C1CCCC1C(=O)C(NC(=O)OCCCCCI1C=NC2=C1CC=CN=C2N(C)C)C(C)C)C(N)=O. The first-order valence-electron chi connectivity index (χ1n) is 15.8. The molecule has 4 N–H and O–H groups in total. The predicted octanol–water partition coefficient (Wildman–Crippen LogP) is 4.55. The number of nitrogens with two attached hydrogens (primary N) is 1. The monoisotopic (exact) mass is 726 g/mol. The van der Waals surface area contributed by atoms with Crippen molar-refractivity contribution >= 4 is 53.6 Å². The Morgan fingerprint density at radius 3 is 2.45 bits per heavy atom. The molecule has 3 aliphatic rings. The van der Waals surface area contributed by atoms with Crippen LogP contribution in [0.5, 0.6) is 0 Å². The van der Waals surface area contributed by atoms with Gasteiger partial charge in [-0.25, -0.2) is 0 Å². The van der Waals surface area contributed by atoms with Gasteiger partial charge in [-0.3, -0.25) is 9.59 Å². The number of hydrogen-bond donors (Lipinski definition) is 3. The van der Waals surface area contributed by atoms with Crippen LogP contribution in [0.2, 0.25) is 0 Å².